The lowest BCUT2D eigenvalue weighted by atomic mass is 10.1. The largest absolute Gasteiger partial charge is 0.335 e. The van der Waals surface area contributed by atoms with Crippen molar-refractivity contribution in [3.05, 3.63) is 71.3 Å². The van der Waals surface area contributed by atoms with Gasteiger partial charge in [0.2, 0.25) is 5.91 Å². The fourth-order valence-electron chi connectivity index (χ4n) is 2.68. The maximum atomic E-state index is 13.6. The van der Waals surface area contributed by atoms with Gasteiger partial charge in [0.15, 0.2) is 0 Å². The van der Waals surface area contributed by atoms with Crippen LogP contribution in [0.25, 0.3) is 0 Å². The Morgan fingerprint density at radius 3 is 2.39 bits per heavy atom. The number of carbonyl (C=O) groups is 1. The molecular weight excluding hydrogens is 296 g/mol. The molecule has 1 aliphatic carbocycles. The standard InChI is InChI=1S/C19H19F2NO/c20-16-8-5-14(6-9-16)13-22(17-10-11-17)19(23)12-7-15-3-1-2-4-18(15)21/h1-6,8-9,17H,7,10-13H2. The van der Waals surface area contributed by atoms with Crippen molar-refractivity contribution < 1.29 is 13.6 Å². The quantitative estimate of drug-likeness (QED) is 0.786. The SMILES string of the molecule is O=C(CCc1ccccc1F)N(Cc1ccc(F)cc1)C1CC1. The van der Waals surface area contributed by atoms with Crippen molar-refractivity contribution in [1.82, 2.24) is 4.90 Å². The van der Waals surface area contributed by atoms with Gasteiger partial charge in [-0.2, -0.15) is 0 Å². The van der Waals surface area contributed by atoms with Gasteiger partial charge in [-0.3, -0.25) is 4.79 Å². The van der Waals surface area contributed by atoms with Gasteiger partial charge < -0.3 is 4.90 Å². The molecule has 0 aromatic heterocycles. The summed E-state index contributed by atoms with van der Waals surface area (Å²) in [5.74, 6) is -0.519. The van der Waals surface area contributed by atoms with Crippen molar-refractivity contribution >= 4 is 5.91 Å². The summed E-state index contributed by atoms with van der Waals surface area (Å²) in [6.45, 7) is 0.487. The first-order valence-electron chi connectivity index (χ1n) is 7.91. The third-order valence-electron chi connectivity index (χ3n) is 4.14. The second-order valence-corrected chi connectivity index (χ2v) is 5.97. The highest BCUT2D eigenvalue weighted by Crippen LogP contribution is 2.29. The molecule has 1 saturated carbocycles. The Hall–Kier alpha value is -2.23. The van der Waals surface area contributed by atoms with Crippen LogP contribution in [0.4, 0.5) is 8.78 Å². The van der Waals surface area contributed by atoms with Gasteiger partial charge in [-0.25, -0.2) is 8.78 Å². The van der Waals surface area contributed by atoms with Crippen LogP contribution in [0, 0.1) is 11.6 Å². The minimum absolute atomic E-state index is 0.0279. The summed E-state index contributed by atoms with van der Waals surface area (Å²) in [5.41, 5.74) is 1.48. The number of rotatable bonds is 6. The van der Waals surface area contributed by atoms with Crippen LogP contribution in [0.5, 0.6) is 0 Å². The van der Waals surface area contributed by atoms with Crippen molar-refractivity contribution in [3.63, 3.8) is 0 Å². The summed E-state index contributed by atoms with van der Waals surface area (Å²) in [6.07, 6.45) is 2.70. The fourth-order valence-corrected chi connectivity index (χ4v) is 2.68. The van der Waals surface area contributed by atoms with Gasteiger partial charge in [-0.05, 0) is 48.6 Å². The predicted molar refractivity (Wildman–Crippen MR) is 84.7 cm³/mol. The van der Waals surface area contributed by atoms with E-state index in [1.165, 1.54) is 18.2 Å². The van der Waals surface area contributed by atoms with E-state index in [2.05, 4.69) is 0 Å². The highest BCUT2D eigenvalue weighted by Gasteiger charge is 2.32. The molecule has 120 valence electrons. The summed E-state index contributed by atoms with van der Waals surface area (Å²) in [7, 11) is 0. The zero-order chi connectivity index (χ0) is 16.2. The second kappa shape index (κ2) is 6.90. The van der Waals surface area contributed by atoms with Crippen LogP contribution in [0.1, 0.15) is 30.4 Å². The first-order valence-corrected chi connectivity index (χ1v) is 7.91. The second-order valence-electron chi connectivity index (χ2n) is 5.97. The molecule has 0 aliphatic heterocycles. The van der Waals surface area contributed by atoms with Gasteiger partial charge in [0.1, 0.15) is 11.6 Å². The Kier molecular flexibility index (Phi) is 4.70. The van der Waals surface area contributed by atoms with Crippen LogP contribution < -0.4 is 0 Å². The van der Waals surface area contributed by atoms with Crippen LogP contribution in [0.2, 0.25) is 0 Å². The Bertz CT molecular complexity index is 680. The molecule has 1 fully saturated rings. The number of hydrogen-bond donors (Lipinski definition) is 0. The normalized spacial score (nSPS) is 13.8. The van der Waals surface area contributed by atoms with Gasteiger partial charge >= 0.3 is 0 Å². The van der Waals surface area contributed by atoms with E-state index in [0.717, 1.165) is 18.4 Å². The maximum absolute atomic E-state index is 13.6. The number of nitrogens with zero attached hydrogens (tertiary/aromatic N) is 1. The molecule has 0 spiro atoms. The topological polar surface area (TPSA) is 20.3 Å². The van der Waals surface area contributed by atoms with E-state index < -0.39 is 0 Å². The molecule has 2 aromatic rings. The van der Waals surface area contributed by atoms with Gasteiger partial charge in [-0.1, -0.05) is 30.3 Å². The summed E-state index contributed by atoms with van der Waals surface area (Å²) in [4.78, 5) is 14.4. The van der Waals surface area contributed by atoms with E-state index in [4.69, 9.17) is 0 Å². The molecule has 0 radical (unpaired) electrons. The molecular formula is C19H19F2NO. The number of amides is 1. The monoisotopic (exact) mass is 315 g/mol. The predicted octanol–water partition coefficient (Wildman–Crippen LogP) is 4.09. The molecule has 3 rings (SSSR count). The van der Waals surface area contributed by atoms with Crippen LogP contribution >= 0.6 is 0 Å². The van der Waals surface area contributed by atoms with Crippen molar-refractivity contribution in [2.45, 2.75) is 38.3 Å². The third-order valence-corrected chi connectivity index (χ3v) is 4.14. The molecule has 2 nitrogen and oxygen atoms in total. The van der Waals surface area contributed by atoms with Crippen molar-refractivity contribution in [2.24, 2.45) is 0 Å². The minimum Gasteiger partial charge on any atom is -0.335 e. The summed E-state index contributed by atoms with van der Waals surface area (Å²) in [6, 6.07) is 13.0. The summed E-state index contributed by atoms with van der Waals surface area (Å²) >= 11 is 0. The van der Waals surface area contributed by atoms with Gasteiger partial charge in [0.25, 0.3) is 0 Å². The summed E-state index contributed by atoms with van der Waals surface area (Å²) < 4.78 is 26.6. The highest BCUT2D eigenvalue weighted by molar-refractivity contribution is 5.77. The molecule has 0 bridgehead atoms. The van der Waals surface area contributed by atoms with Crippen LogP contribution in [-0.4, -0.2) is 16.8 Å². The number of aryl methyl sites for hydroxylation is 1. The van der Waals surface area contributed by atoms with Gasteiger partial charge in [0.05, 0.1) is 0 Å². The number of carbonyl (C=O) groups excluding carboxylic acids is 1. The maximum Gasteiger partial charge on any atom is 0.223 e. The molecule has 0 N–H and O–H groups in total. The summed E-state index contributed by atoms with van der Waals surface area (Å²) in [5, 5.41) is 0. The van der Waals surface area contributed by atoms with Crippen molar-refractivity contribution in [1.29, 1.82) is 0 Å². The van der Waals surface area contributed by atoms with E-state index in [1.807, 2.05) is 4.90 Å². The Morgan fingerprint density at radius 1 is 1.04 bits per heavy atom. The zero-order valence-corrected chi connectivity index (χ0v) is 12.8. The van der Waals surface area contributed by atoms with Gasteiger partial charge in [-0.15, -0.1) is 0 Å². The molecule has 23 heavy (non-hydrogen) atoms. The average Bonchev–Trinajstić information content (AvgIpc) is 3.38. The molecule has 1 aliphatic rings. The van der Waals surface area contributed by atoms with Crippen LogP contribution in [-0.2, 0) is 17.8 Å². The van der Waals surface area contributed by atoms with E-state index in [9.17, 15) is 13.6 Å². The van der Waals surface area contributed by atoms with Crippen molar-refractivity contribution in [3.8, 4) is 0 Å². The fraction of sp³-hybridized carbons (Fsp3) is 0.316. The lowest BCUT2D eigenvalue weighted by Crippen LogP contribution is -2.32. The average molecular weight is 315 g/mol. The van der Waals surface area contributed by atoms with Gasteiger partial charge in [0, 0.05) is 19.0 Å². The van der Waals surface area contributed by atoms with Crippen molar-refractivity contribution in [2.75, 3.05) is 0 Å². The Morgan fingerprint density at radius 2 is 1.74 bits per heavy atom. The van der Waals surface area contributed by atoms with Crippen LogP contribution in [0.3, 0.4) is 0 Å². The lowest BCUT2D eigenvalue weighted by Gasteiger charge is -2.22. The van der Waals surface area contributed by atoms with E-state index >= 15 is 0 Å². The molecule has 0 atom stereocenters. The van der Waals surface area contributed by atoms with E-state index in [1.54, 1.807) is 30.3 Å². The molecule has 0 unspecified atom stereocenters. The molecule has 0 saturated heterocycles. The number of hydrogen-bond acceptors (Lipinski definition) is 1. The van der Waals surface area contributed by atoms with Crippen LogP contribution in [0.15, 0.2) is 48.5 Å². The van der Waals surface area contributed by atoms with E-state index in [0.29, 0.717) is 24.9 Å². The molecule has 1 amide bonds. The van der Waals surface area contributed by atoms with E-state index in [-0.39, 0.29) is 23.6 Å². The number of halogens is 2. The zero-order valence-electron chi connectivity index (χ0n) is 12.8. The Balaban J connectivity index is 1.63. The first kappa shape index (κ1) is 15.7. The number of benzene rings is 2. The highest BCUT2D eigenvalue weighted by atomic mass is 19.1. The molecule has 4 heteroatoms. The molecule has 0 heterocycles. The Labute approximate surface area is 134 Å². The molecule has 2 aromatic carbocycles. The third kappa shape index (κ3) is 4.15. The first-order chi connectivity index (χ1) is 11.1. The minimum atomic E-state index is -0.280. The lowest BCUT2D eigenvalue weighted by molar-refractivity contribution is -0.132. The smallest absolute Gasteiger partial charge is 0.223 e.